The van der Waals surface area contributed by atoms with Gasteiger partial charge in [-0.3, -0.25) is 0 Å². The second kappa shape index (κ2) is 5.00. The van der Waals surface area contributed by atoms with Crippen LogP contribution in [0.5, 0.6) is 0 Å². The van der Waals surface area contributed by atoms with Gasteiger partial charge in [0.15, 0.2) is 0 Å². The number of azo groups is 1. The van der Waals surface area contributed by atoms with Gasteiger partial charge in [-0.2, -0.15) is 5.11 Å². The molecule has 0 unspecified atom stereocenters. The molecule has 0 atom stereocenters. The predicted octanol–water partition coefficient (Wildman–Crippen LogP) is 4.61. The minimum Gasteiger partial charge on any atom is -0.397 e. The molecule has 0 aliphatic heterocycles. The van der Waals surface area contributed by atoms with E-state index in [0.29, 0.717) is 5.69 Å². The van der Waals surface area contributed by atoms with Gasteiger partial charge < -0.3 is 5.73 Å². The van der Waals surface area contributed by atoms with Gasteiger partial charge in [-0.1, -0.05) is 24.3 Å². The summed E-state index contributed by atoms with van der Waals surface area (Å²) in [7, 11) is 0. The normalized spacial score (nSPS) is 11.1. The van der Waals surface area contributed by atoms with Crippen LogP contribution in [-0.2, 0) is 0 Å². The lowest BCUT2D eigenvalue weighted by atomic mass is 10.0. The molecule has 0 saturated carbocycles. The molecule has 18 heavy (non-hydrogen) atoms. The standard InChI is InChI=1S/C15H17N3/c1-10-9-11(2)15(14(16)12(10)3)18-17-13-7-5-4-6-8-13/h4-9H,16H2,1-3H3/b18-17+. The van der Waals surface area contributed by atoms with Gasteiger partial charge in [-0.15, -0.1) is 5.11 Å². The van der Waals surface area contributed by atoms with Gasteiger partial charge in [0.2, 0.25) is 0 Å². The van der Waals surface area contributed by atoms with E-state index in [2.05, 4.69) is 23.2 Å². The smallest absolute Gasteiger partial charge is 0.112 e. The fraction of sp³-hybridized carbons (Fsp3) is 0.200. The van der Waals surface area contributed by atoms with Gasteiger partial charge >= 0.3 is 0 Å². The number of nitrogens with zero attached hydrogens (tertiary/aromatic N) is 2. The highest BCUT2D eigenvalue weighted by Crippen LogP contribution is 2.33. The van der Waals surface area contributed by atoms with E-state index >= 15 is 0 Å². The molecule has 0 aliphatic carbocycles. The van der Waals surface area contributed by atoms with Crippen LogP contribution in [0.3, 0.4) is 0 Å². The number of benzene rings is 2. The third-order valence-corrected chi connectivity index (χ3v) is 3.08. The molecule has 92 valence electrons. The van der Waals surface area contributed by atoms with E-state index in [1.165, 1.54) is 5.56 Å². The van der Waals surface area contributed by atoms with Crippen molar-refractivity contribution in [3.63, 3.8) is 0 Å². The van der Waals surface area contributed by atoms with E-state index in [0.717, 1.165) is 22.5 Å². The lowest BCUT2D eigenvalue weighted by molar-refractivity contribution is 1.19. The van der Waals surface area contributed by atoms with Crippen molar-refractivity contribution in [2.24, 2.45) is 10.2 Å². The van der Waals surface area contributed by atoms with Crippen LogP contribution < -0.4 is 5.73 Å². The molecular weight excluding hydrogens is 222 g/mol. The second-order valence-corrected chi connectivity index (χ2v) is 4.43. The summed E-state index contributed by atoms with van der Waals surface area (Å²) in [6.45, 7) is 6.06. The third-order valence-electron chi connectivity index (χ3n) is 3.08. The molecule has 3 heteroatoms. The summed E-state index contributed by atoms with van der Waals surface area (Å²) in [5, 5.41) is 8.49. The number of aryl methyl sites for hydroxylation is 2. The van der Waals surface area contributed by atoms with Crippen LogP contribution in [0.25, 0.3) is 0 Å². The summed E-state index contributed by atoms with van der Waals surface area (Å²) >= 11 is 0. The lowest BCUT2D eigenvalue weighted by Gasteiger charge is -2.09. The van der Waals surface area contributed by atoms with Crippen molar-refractivity contribution in [3.8, 4) is 0 Å². The van der Waals surface area contributed by atoms with E-state index < -0.39 is 0 Å². The number of nitrogens with two attached hydrogens (primary N) is 1. The average Bonchev–Trinajstić information content (AvgIpc) is 2.37. The first-order valence-electron chi connectivity index (χ1n) is 5.92. The SMILES string of the molecule is Cc1cc(C)c(/N=N/c2ccccc2)c(N)c1C. The molecule has 2 N–H and O–H groups in total. The van der Waals surface area contributed by atoms with Crippen LogP contribution >= 0.6 is 0 Å². The van der Waals surface area contributed by atoms with Gasteiger partial charge in [0.1, 0.15) is 5.69 Å². The summed E-state index contributed by atoms with van der Waals surface area (Å²) in [4.78, 5) is 0. The Hall–Kier alpha value is -2.16. The van der Waals surface area contributed by atoms with Crippen molar-refractivity contribution in [3.05, 3.63) is 53.1 Å². The highest BCUT2D eigenvalue weighted by molar-refractivity contribution is 5.71. The van der Waals surface area contributed by atoms with E-state index in [-0.39, 0.29) is 0 Å². The van der Waals surface area contributed by atoms with E-state index in [4.69, 9.17) is 5.73 Å². The molecule has 0 bridgehead atoms. The maximum atomic E-state index is 6.09. The lowest BCUT2D eigenvalue weighted by Crippen LogP contribution is -1.94. The van der Waals surface area contributed by atoms with Crippen molar-refractivity contribution in [2.45, 2.75) is 20.8 Å². The summed E-state index contributed by atoms with van der Waals surface area (Å²) in [5.74, 6) is 0. The van der Waals surface area contributed by atoms with Crippen molar-refractivity contribution in [2.75, 3.05) is 5.73 Å². The number of hydrogen-bond acceptors (Lipinski definition) is 3. The summed E-state index contributed by atoms with van der Waals surface area (Å²) < 4.78 is 0. The highest BCUT2D eigenvalue weighted by atomic mass is 15.1. The van der Waals surface area contributed by atoms with Gasteiger partial charge in [-0.05, 0) is 49.6 Å². The first-order valence-corrected chi connectivity index (χ1v) is 5.92. The third kappa shape index (κ3) is 2.40. The molecule has 3 nitrogen and oxygen atoms in total. The van der Waals surface area contributed by atoms with Crippen molar-refractivity contribution in [1.29, 1.82) is 0 Å². The molecule has 0 fully saturated rings. The number of anilines is 1. The first-order chi connectivity index (χ1) is 8.59. The topological polar surface area (TPSA) is 50.7 Å². The first kappa shape index (κ1) is 12.3. The molecule has 0 amide bonds. The minimum absolute atomic E-state index is 0.715. The molecule has 0 aliphatic rings. The summed E-state index contributed by atoms with van der Waals surface area (Å²) in [6.07, 6.45) is 0. The Morgan fingerprint density at radius 3 is 2.22 bits per heavy atom. The summed E-state index contributed by atoms with van der Waals surface area (Å²) in [6, 6.07) is 11.7. The van der Waals surface area contributed by atoms with E-state index in [1.807, 2.05) is 44.2 Å². The van der Waals surface area contributed by atoms with E-state index in [1.54, 1.807) is 0 Å². The van der Waals surface area contributed by atoms with Gasteiger partial charge in [0.05, 0.1) is 11.4 Å². The predicted molar refractivity (Wildman–Crippen MR) is 75.7 cm³/mol. The van der Waals surface area contributed by atoms with Crippen LogP contribution in [0.1, 0.15) is 16.7 Å². The average molecular weight is 239 g/mol. The summed E-state index contributed by atoms with van der Waals surface area (Å²) in [5.41, 5.74) is 11.7. The number of nitrogen functional groups attached to an aromatic ring is 1. The molecule has 0 spiro atoms. The fourth-order valence-corrected chi connectivity index (χ4v) is 1.84. The number of rotatable bonds is 2. The molecular formula is C15H17N3. The Morgan fingerprint density at radius 2 is 1.56 bits per heavy atom. The van der Waals surface area contributed by atoms with Crippen LogP contribution in [-0.4, -0.2) is 0 Å². The minimum atomic E-state index is 0.715. The number of hydrogen-bond donors (Lipinski definition) is 1. The van der Waals surface area contributed by atoms with Crippen molar-refractivity contribution in [1.82, 2.24) is 0 Å². The zero-order valence-electron chi connectivity index (χ0n) is 10.9. The van der Waals surface area contributed by atoms with Crippen LogP contribution in [0.2, 0.25) is 0 Å². The van der Waals surface area contributed by atoms with Crippen LogP contribution in [0.4, 0.5) is 17.1 Å². The Labute approximate surface area is 107 Å². The van der Waals surface area contributed by atoms with Crippen molar-refractivity contribution >= 4 is 17.1 Å². The molecule has 2 aromatic carbocycles. The van der Waals surface area contributed by atoms with Crippen molar-refractivity contribution < 1.29 is 0 Å². The second-order valence-electron chi connectivity index (χ2n) is 4.43. The zero-order chi connectivity index (χ0) is 13.1. The Bertz CT molecular complexity index is 586. The van der Waals surface area contributed by atoms with E-state index in [9.17, 15) is 0 Å². The molecule has 0 saturated heterocycles. The molecule has 2 aromatic rings. The molecule has 0 radical (unpaired) electrons. The largest absolute Gasteiger partial charge is 0.397 e. The monoisotopic (exact) mass is 239 g/mol. The highest BCUT2D eigenvalue weighted by Gasteiger charge is 2.08. The maximum absolute atomic E-state index is 6.09. The van der Waals surface area contributed by atoms with Crippen LogP contribution in [0, 0.1) is 20.8 Å². The molecule has 0 aromatic heterocycles. The maximum Gasteiger partial charge on any atom is 0.112 e. The Balaban J connectivity index is 2.41. The van der Waals surface area contributed by atoms with Gasteiger partial charge in [-0.25, -0.2) is 0 Å². The zero-order valence-corrected chi connectivity index (χ0v) is 10.9. The Kier molecular flexibility index (Phi) is 3.42. The fourth-order valence-electron chi connectivity index (χ4n) is 1.84. The quantitative estimate of drug-likeness (QED) is 0.603. The molecule has 0 heterocycles. The molecule has 2 rings (SSSR count). The van der Waals surface area contributed by atoms with Crippen LogP contribution in [0.15, 0.2) is 46.6 Å². The Morgan fingerprint density at radius 1 is 0.889 bits per heavy atom. The van der Waals surface area contributed by atoms with Gasteiger partial charge in [0, 0.05) is 0 Å². The van der Waals surface area contributed by atoms with Gasteiger partial charge in [0.25, 0.3) is 0 Å².